The van der Waals surface area contributed by atoms with Gasteiger partial charge >= 0.3 is 0 Å². The topological polar surface area (TPSA) is 164 Å². The van der Waals surface area contributed by atoms with Crippen molar-refractivity contribution < 1.29 is 13.2 Å². The maximum atomic E-state index is 13.2. The summed E-state index contributed by atoms with van der Waals surface area (Å²) < 4.78 is 27.8. The number of nitrogens with one attached hydrogen (secondary N) is 2. The quantitative estimate of drug-likeness (QED) is 0.369. The number of fused-ring (bicyclic) bond motifs is 1. The van der Waals surface area contributed by atoms with Crippen LogP contribution in [0.1, 0.15) is 35.8 Å². The van der Waals surface area contributed by atoms with Crippen molar-refractivity contribution in [2.24, 2.45) is 0 Å². The zero-order valence-electron chi connectivity index (χ0n) is 20.3. The van der Waals surface area contributed by atoms with Crippen molar-refractivity contribution in [3.8, 4) is 11.9 Å². The number of carbonyl (C=O) groups excluding carboxylic acids is 1. The zero-order valence-corrected chi connectivity index (χ0v) is 21.1. The number of hydrogen-bond acceptors (Lipinski definition) is 9. The molecule has 13 nitrogen and oxygen atoms in total. The minimum Gasteiger partial charge on any atom is -0.382 e. The molecule has 2 N–H and O–H groups in total. The van der Waals surface area contributed by atoms with Gasteiger partial charge in [0.05, 0.1) is 47.2 Å². The van der Waals surface area contributed by atoms with Crippen molar-refractivity contribution in [3.05, 3.63) is 54.2 Å². The number of amides is 1. The first-order chi connectivity index (χ1) is 17.6. The minimum atomic E-state index is -3.22. The number of anilines is 2. The Morgan fingerprint density at radius 2 is 1.92 bits per heavy atom. The van der Waals surface area contributed by atoms with Crippen LogP contribution >= 0.6 is 0 Å². The van der Waals surface area contributed by atoms with Gasteiger partial charge in [-0.15, -0.1) is 0 Å². The number of carbonyl (C=O) groups is 1. The Balaban J connectivity index is 1.37. The van der Waals surface area contributed by atoms with E-state index in [-0.39, 0.29) is 18.0 Å². The molecule has 4 aromatic rings. The zero-order chi connectivity index (χ0) is 26.3. The van der Waals surface area contributed by atoms with Gasteiger partial charge in [-0.1, -0.05) is 0 Å². The maximum Gasteiger partial charge on any atom is 0.259 e. The van der Waals surface area contributed by atoms with Crippen molar-refractivity contribution in [3.63, 3.8) is 0 Å². The van der Waals surface area contributed by atoms with Crippen molar-refractivity contribution in [1.82, 2.24) is 33.8 Å². The Kier molecular flexibility index (Phi) is 6.10. The van der Waals surface area contributed by atoms with Gasteiger partial charge in [0.1, 0.15) is 6.07 Å². The molecule has 0 bridgehead atoms. The van der Waals surface area contributed by atoms with Gasteiger partial charge in [-0.2, -0.15) is 24.4 Å². The second kappa shape index (κ2) is 9.26. The number of hydrogen-bond donors (Lipinski definition) is 2. The molecule has 5 rings (SSSR count). The smallest absolute Gasteiger partial charge is 0.259 e. The summed E-state index contributed by atoms with van der Waals surface area (Å²) in [7, 11) is -3.22. The molecule has 0 aromatic carbocycles. The second-order valence-electron chi connectivity index (χ2n) is 9.09. The summed E-state index contributed by atoms with van der Waals surface area (Å²) in [6.45, 7) is 4.60. The highest BCUT2D eigenvalue weighted by molar-refractivity contribution is 7.88. The Hall–Kier alpha value is -4.35. The Bertz CT molecular complexity index is 1640. The van der Waals surface area contributed by atoms with Crippen LogP contribution in [0, 0.1) is 11.3 Å². The van der Waals surface area contributed by atoms with Crippen LogP contribution in [0.3, 0.4) is 0 Å². The van der Waals surface area contributed by atoms with Crippen molar-refractivity contribution in [2.45, 2.75) is 25.9 Å². The van der Waals surface area contributed by atoms with E-state index in [1.807, 2.05) is 13.8 Å². The van der Waals surface area contributed by atoms with Crippen molar-refractivity contribution in [1.29, 1.82) is 5.26 Å². The summed E-state index contributed by atoms with van der Waals surface area (Å²) in [4.78, 5) is 21.9. The molecule has 0 atom stereocenters. The van der Waals surface area contributed by atoms with Gasteiger partial charge in [0.2, 0.25) is 10.0 Å². The molecule has 5 heterocycles. The van der Waals surface area contributed by atoms with E-state index in [0.717, 1.165) is 0 Å². The molecule has 0 radical (unpaired) electrons. The first-order valence-corrected chi connectivity index (χ1v) is 13.3. The lowest BCUT2D eigenvalue weighted by molar-refractivity contribution is 0.102. The normalized spacial score (nSPS) is 14.5. The lowest BCUT2D eigenvalue weighted by Gasteiger charge is -2.36. The highest BCUT2D eigenvalue weighted by Gasteiger charge is 2.34. The van der Waals surface area contributed by atoms with Gasteiger partial charge in [0.25, 0.3) is 5.91 Å². The van der Waals surface area contributed by atoms with E-state index in [1.165, 1.54) is 29.2 Å². The number of nitriles is 1. The van der Waals surface area contributed by atoms with Gasteiger partial charge in [-0.3, -0.25) is 9.48 Å². The molecule has 14 heteroatoms. The molecule has 1 saturated heterocycles. The molecular formula is C23H24N10O3S. The van der Waals surface area contributed by atoms with Gasteiger partial charge in [0, 0.05) is 49.2 Å². The molecule has 0 saturated carbocycles. The van der Waals surface area contributed by atoms with E-state index in [9.17, 15) is 13.2 Å². The summed E-state index contributed by atoms with van der Waals surface area (Å²) in [6.07, 6.45) is 8.92. The molecule has 1 fully saturated rings. The predicted octanol–water partition coefficient (Wildman–Crippen LogP) is 1.77. The lowest BCUT2D eigenvalue weighted by atomic mass is 10.2. The molecule has 1 aliphatic rings. The van der Waals surface area contributed by atoms with E-state index in [4.69, 9.17) is 5.26 Å². The van der Waals surface area contributed by atoms with Crippen LogP contribution in [-0.2, 0) is 10.0 Å². The summed E-state index contributed by atoms with van der Waals surface area (Å²) in [5.74, 6) is 0.0790. The fraction of sp³-hybridized carbons (Fsp3) is 0.304. The molecule has 37 heavy (non-hydrogen) atoms. The minimum absolute atomic E-state index is 0.0339. The maximum absolute atomic E-state index is 13.2. The number of rotatable bonds is 7. The Labute approximate surface area is 212 Å². The average Bonchev–Trinajstić information content (AvgIpc) is 3.43. The van der Waals surface area contributed by atoms with E-state index >= 15 is 0 Å². The number of nitrogens with zero attached hydrogens (tertiary/aromatic N) is 8. The van der Waals surface area contributed by atoms with Crippen molar-refractivity contribution in [2.75, 3.05) is 30.0 Å². The highest BCUT2D eigenvalue weighted by atomic mass is 32.2. The van der Waals surface area contributed by atoms with Crippen LogP contribution in [0.4, 0.5) is 11.4 Å². The summed E-state index contributed by atoms with van der Waals surface area (Å²) in [5, 5.41) is 24.6. The van der Waals surface area contributed by atoms with Crippen LogP contribution < -0.4 is 10.6 Å². The first kappa shape index (κ1) is 24.3. The average molecular weight is 521 g/mol. The summed E-state index contributed by atoms with van der Waals surface area (Å²) in [5.41, 5.74) is 2.34. The third kappa shape index (κ3) is 4.86. The van der Waals surface area contributed by atoms with E-state index in [1.54, 1.807) is 33.9 Å². The predicted molar refractivity (Wildman–Crippen MR) is 136 cm³/mol. The lowest BCUT2D eigenvalue weighted by Crippen LogP contribution is -2.50. The van der Waals surface area contributed by atoms with Gasteiger partial charge in [-0.05, 0) is 19.9 Å². The number of pyridine rings is 2. The fourth-order valence-electron chi connectivity index (χ4n) is 3.98. The fourth-order valence-corrected chi connectivity index (χ4v) is 4.86. The van der Waals surface area contributed by atoms with Gasteiger partial charge in [0.15, 0.2) is 11.5 Å². The number of sulfonamides is 1. The van der Waals surface area contributed by atoms with Gasteiger partial charge in [-0.25, -0.2) is 18.4 Å². The molecule has 0 unspecified atom stereocenters. The third-order valence-corrected chi connectivity index (χ3v) is 7.10. The first-order valence-electron chi connectivity index (χ1n) is 11.4. The van der Waals surface area contributed by atoms with E-state index < -0.39 is 10.0 Å². The second-order valence-corrected chi connectivity index (χ2v) is 11.1. The summed E-state index contributed by atoms with van der Waals surface area (Å²) in [6, 6.07) is 5.43. The van der Waals surface area contributed by atoms with Crippen LogP contribution in [0.25, 0.3) is 16.9 Å². The van der Waals surface area contributed by atoms with Crippen LogP contribution in [-0.4, -0.2) is 73.5 Å². The highest BCUT2D eigenvalue weighted by Crippen LogP contribution is 2.26. The van der Waals surface area contributed by atoms with Crippen LogP contribution in [0.5, 0.6) is 0 Å². The molecule has 0 aliphatic carbocycles. The summed E-state index contributed by atoms with van der Waals surface area (Å²) >= 11 is 0. The molecule has 1 aliphatic heterocycles. The Morgan fingerprint density at radius 3 is 2.62 bits per heavy atom. The van der Waals surface area contributed by atoms with Crippen LogP contribution in [0.2, 0.25) is 0 Å². The van der Waals surface area contributed by atoms with Gasteiger partial charge < -0.3 is 10.6 Å². The molecule has 0 spiro atoms. The number of aromatic nitrogens is 6. The monoisotopic (exact) mass is 520 g/mol. The van der Waals surface area contributed by atoms with Crippen molar-refractivity contribution >= 4 is 38.3 Å². The third-order valence-electron chi connectivity index (χ3n) is 5.86. The van der Waals surface area contributed by atoms with E-state index in [2.05, 4.69) is 36.9 Å². The molecule has 1 amide bonds. The molecule has 4 aromatic heterocycles. The standard InChI is InChI=1S/C23H24N10O3S/c1-14(2)29-20-5-21(33-22-16(8-28-33)4-15(6-24)7-26-22)25-10-19(20)23(34)30-17-9-27-32(11-17)18-12-31(13-18)37(3,35)36/h4-5,7-11,14,18H,12-13H2,1-3H3,(H,25,29)(H,30,34). The SMILES string of the molecule is CC(C)Nc1cc(-n2ncc3cc(C#N)cnc32)ncc1C(=O)Nc1cnn(C2CN(S(C)(=O)=O)C2)c1. The molecule has 190 valence electrons. The largest absolute Gasteiger partial charge is 0.382 e. The molecular weight excluding hydrogens is 496 g/mol. The van der Waals surface area contributed by atoms with Crippen LogP contribution in [0.15, 0.2) is 43.1 Å². The van der Waals surface area contributed by atoms with E-state index in [0.29, 0.717) is 52.4 Å². The Morgan fingerprint density at radius 1 is 1.14 bits per heavy atom.